The van der Waals surface area contributed by atoms with Gasteiger partial charge in [0.25, 0.3) is 5.91 Å². The maximum absolute atomic E-state index is 13.7. The Morgan fingerprint density at radius 2 is 2.00 bits per heavy atom. The van der Waals surface area contributed by atoms with Crippen LogP contribution in [0.25, 0.3) is 0 Å². The van der Waals surface area contributed by atoms with Crippen LogP contribution < -0.4 is 10.1 Å². The van der Waals surface area contributed by atoms with E-state index in [1.54, 1.807) is 25.1 Å². The molecule has 0 unspecified atom stereocenters. The maximum Gasteiger partial charge on any atom is 0.259 e. The van der Waals surface area contributed by atoms with Gasteiger partial charge < -0.3 is 14.6 Å². The third-order valence-corrected chi connectivity index (χ3v) is 3.26. The summed E-state index contributed by atoms with van der Waals surface area (Å²) in [5.74, 6) is -1.84. The molecule has 8 heteroatoms. The van der Waals surface area contributed by atoms with E-state index < -0.39 is 17.5 Å². The largest absolute Gasteiger partial charge is 0.485 e. The summed E-state index contributed by atoms with van der Waals surface area (Å²) >= 11 is 0. The van der Waals surface area contributed by atoms with Crippen molar-refractivity contribution in [2.24, 2.45) is 0 Å². The summed E-state index contributed by atoms with van der Waals surface area (Å²) < 4.78 is 37.3. The van der Waals surface area contributed by atoms with Crippen LogP contribution in [-0.2, 0) is 6.61 Å². The Kier molecular flexibility index (Phi) is 4.69. The zero-order valence-corrected chi connectivity index (χ0v) is 13.1. The van der Waals surface area contributed by atoms with Gasteiger partial charge >= 0.3 is 0 Å². The molecule has 0 saturated carbocycles. The molecule has 0 fully saturated rings. The number of nitrogens with one attached hydrogen (secondary N) is 1. The summed E-state index contributed by atoms with van der Waals surface area (Å²) in [7, 11) is 0. The van der Waals surface area contributed by atoms with Crippen molar-refractivity contribution in [3.05, 3.63) is 71.4 Å². The molecule has 6 nitrogen and oxygen atoms in total. The van der Waals surface area contributed by atoms with E-state index in [4.69, 9.17) is 9.26 Å². The van der Waals surface area contributed by atoms with E-state index in [0.29, 0.717) is 11.7 Å². The molecule has 0 aliphatic heterocycles. The van der Waals surface area contributed by atoms with Gasteiger partial charge in [0.05, 0.1) is 11.3 Å². The highest BCUT2D eigenvalue weighted by atomic mass is 19.2. The molecule has 0 bridgehead atoms. The molecule has 1 amide bonds. The number of para-hydroxylation sites is 1. The van der Waals surface area contributed by atoms with Crippen molar-refractivity contribution in [2.75, 3.05) is 5.32 Å². The van der Waals surface area contributed by atoms with Crippen molar-refractivity contribution in [3.63, 3.8) is 0 Å². The van der Waals surface area contributed by atoms with Crippen molar-refractivity contribution in [1.82, 2.24) is 10.1 Å². The molecule has 0 atom stereocenters. The fourth-order valence-electron chi connectivity index (χ4n) is 2.11. The van der Waals surface area contributed by atoms with Crippen molar-refractivity contribution in [2.45, 2.75) is 13.5 Å². The van der Waals surface area contributed by atoms with E-state index in [1.165, 1.54) is 18.2 Å². The minimum Gasteiger partial charge on any atom is -0.485 e. The Morgan fingerprint density at radius 3 is 2.76 bits per heavy atom. The monoisotopic (exact) mass is 345 g/mol. The third kappa shape index (κ3) is 3.79. The molecule has 1 N–H and O–H groups in total. The number of hydrogen-bond acceptors (Lipinski definition) is 5. The number of anilines is 1. The molecule has 0 spiro atoms. The highest BCUT2D eigenvalue weighted by Gasteiger charge is 2.16. The van der Waals surface area contributed by atoms with Crippen LogP contribution in [0.3, 0.4) is 0 Å². The van der Waals surface area contributed by atoms with E-state index in [-0.39, 0.29) is 23.6 Å². The van der Waals surface area contributed by atoms with Crippen molar-refractivity contribution in [3.8, 4) is 5.75 Å². The predicted octanol–water partition coefficient (Wildman–Crippen LogP) is 3.49. The maximum atomic E-state index is 13.7. The van der Waals surface area contributed by atoms with E-state index in [0.717, 1.165) is 6.07 Å². The molecule has 3 aromatic rings. The zero-order chi connectivity index (χ0) is 17.8. The number of aromatic nitrogens is 2. The van der Waals surface area contributed by atoms with Gasteiger partial charge in [0.15, 0.2) is 18.2 Å². The molecule has 0 saturated heterocycles. The smallest absolute Gasteiger partial charge is 0.259 e. The summed E-state index contributed by atoms with van der Waals surface area (Å²) in [5, 5.41) is 6.02. The predicted molar refractivity (Wildman–Crippen MR) is 84.1 cm³/mol. The highest BCUT2D eigenvalue weighted by Crippen LogP contribution is 2.22. The van der Waals surface area contributed by atoms with E-state index in [1.807, 2.05) is 0 Å². The number of carbonyl (C=O) groups is 1. The number of aryl methyl sites for hydroxylation is 1. The van der Waals surface area contributed by atoms with Gasteiger partial charge in [-0.2, -0.15) is 4.98 Å². The standard InChI is InChI=1S/C17H13F2N3O3/c1-10-20-15(22-25-10)9-24-14-8-3-2-5-11(14)17(23)21-13-7-4-6-12(18)16(13)19/h2-8H,9H2,1H3,(H,21,23). The topological polar surface area (TPSA) is 77.2 Å². The molecule has 0 aliphatic rings. The highest BCUT2D eigenvalue weighted by molar-refractivity contribution is 6.06. The minimum atomic E-state index is -1.13. The number of rotatable bonds is 5. The van der Waals surface area contributed by atoms with Gasteiger partial charge in [0, 0.05) is 6.92 Å². The Balaban J connectivity index is 1.77. The summed E-state index contributed by atoms with van der Waals surface area (Å²) in [5.41, 5.74) is -0.0972. The van der Waals surface area contributed by atoms with E-state index >= 15 is 0 Å². The first-order valence-electron chi connectivity index (χ1n) is 7.31. The second kappa shape index (κ2) is 7.08. The Labute approximate surface area is 141 Å². The van der Waals surface area contributed by atoms with Crippen LogP contribution in [0.4, 0.5) is 14.5 Å². The van der Waals surface area contributed by atoms with Crippen LogP contribution in [0.15, 0.2) is 47.0 Å². The fraction of sp³-hybridized carbons (Fsp3) is 0.118. The number of hydrogen-bond donors (Lipinski definition) is 1. The van der Waals surface area contributed by atoms with Crippen LogP contribution in [0.5, 0.6) is 5.75 Å². The second-order valence-electron chi connectivity index (χ2n) is 5.07. The second-order valence-corrected chi connectivity index (χ2v) is 5.07. The Morgan fingerprint density at radius 1 is 1.20 bits per heavy atom. The molecular weight excluding hydrogens is 332 g/mol. The normalized spacial score (nSPS) is 10.5. The fourth-order valence-corrected chi connectivity index (χ4v) is 2.11. The van der Waals surface area contributed by atoms with Crippen LogP contribution in [0.2, 0.25) is 0 Å². The molecule has 1 aromatic heterocycles. The lowest BCUT2D eigenvalue weighted by atomic mass is 10.2. The van der Waals surface area contributed by atoms with Crippen molar-refractivity contribution in [1.29, 1.82) is 0 Å². The summed E-state index contributed by atoms with van der Waals surface area (Å²) in [6, 6.07) is 9.91. The first-order valence-corrected chi connectivity index (χ1v) is 7.31. The lowest BCUT2D eigenvalue weighted by molar-refractivity contribution is 0.102. The van der Waals surface area contributed by atoms with Gasteiger partial charge in [-0.3, -0.25) is 4.79 Å². The number of amides is 1. The van der Waals surface area contributed by atoms with Gasteiger partial charge in [-0.05, 0) is 24.3 Å². The number of nitrogens with zero attached hydrogens (tertiary/aromatic N) is 2. The van der Waals surface area contributed by atoms with Gasteiger partial charge in [-0.1, -0.05) is 23.4 Å². The molecule has 0 radical (unpaired) electrons. The average Bonchev–Trinajstić information content (AvgIpc) is 3.03. The van der Waals surface area contributed by atoms with E-state index in [9.17, 15) is 13.6 Å². The number of halogens is 2. The Hall–Kier alpha value is -3.29. The van der Waals surface area contributed by atoms with Crippen molar-refractivity contribution >= 4 is 11.6 Å². The third-order valence-electron chi connectivity index (χ3n) is 3.26. The lowest BCUT2D eigenvalue weighted by Gasteiger charge is -2.11. The zero-order valence-electron chi connectivity index (χ0n) is 13.1. The molecule has 1 heterocycles. The summed E-state index contributed by atoms with van der Waals surface area (Å²) in [6.07, 6.45) is 0. The molecule has 0 aliphatic carbocycles. The molecular formula is C17H13F2N3O3. The first kappa shape index (κ1) is 16.6. The van der Waals surface area contributed by atoms with Gasteiger partial charge in [0.1, 0.15) is 5.75 Å². The molecule has 2 aromatic carbocycles. The molecule has 128 valence electrons. The van der Waals surface area contributed by atoms with Crippen LogP contribution >= 0.6 is 0 Å². The molecule has 3 rings (SSSR count). The van der Waals surface area contributed by atoms with Gasteiger partial charge in [0.2, 0.25) is 11.7 Å². The summed E-state index contributed by atoms with van der Waals surface area (Å²) in [6.45, 7) is 1.64. The number of ether oxygens (including phenoxy) is 1. The number of carbonyl (C=O) groups excluding carboxylic acids is 1. The average molecular weight is 345 g/mol. The van der Waals surface area contributed by atoms with Gasteiger partial charge in [-0.15, -0.1) is 0 Å². The van der Waals surface area contributed by atoms with Crippen molar-refractivity contribution < 1.29 is 22.8 Å². The quantitative estimate of drug-likeness (QED) is 0.766. The summed E-state index contributed by atoms with van der Waals surface area (Å²) in [4.78, 5) is 16.4. The minimum absolute atomic E-state index is 0.00401. The lowest BCUT2D eigenvalue weighted by Crippen LogP contribution is -2.15. The van der Waals surface area contributed by atoms with Crippen LogP contribution in [0, 0.1) is 18.6 Å². The van der Waals surface area contributed by atoms with E-state index in [2.05, 4.69) is 15.5 Å². The Bertz CT molecular complexity index is 912. The SMILES string of the molecule is Cc1nc(COc2ccccc2C(=O)Nc2cccc(F)c2F)no1. The van der Waals surface area contributed by atoms with Crippen LogP contribution in [-0.4, -0.2) is 16.0 Å². The first-order chi connectivity index (χ1) is 12.0. The number of benzene rings is 2. The molecule has 25 heavy (non-hydrogen) atoms. The van der Waals surface area contributed by atoms with Gasteiger partial charge in [-0.25, -0.2) is 8.78 Å². The van der Waals surface area contributed by atoms with Crippen LogP contribution in [0.1, 0.15) is 22.1 Å².